The van der Waals surface area contributed by atoms with E-state index in [-0.39, 0.29) is 4.90 Å². The lowest BCUT2D eigenvalue weighted by molar-refractivity contribution is -0.286. The smallest absolute Gasteiger partial charge is 0.322 e. The van der Waals surface area contributed by atoms with Crippen LogP contribution in [-0.2, 0) is 24.3 Å². The molecule has 8 nitrogen and oxygen atoms in total. The number of hydrogen-bond donors (Lipinski definition) is 2. The normalized spacial score (nSPS) is 21.4. The van der Waals surface area contributed by atoms with Crippen LogP contribution in [0.2, 0.25) is 0 Å². The highest BCUT2D eigenvalue weighted by Gasteiger charge is 2.45. The van der Waals surface area contributed by atoms with Crippen molar-refractivity contribution in [2.24, 2.45) is 5.92 Å². The van der Waals surface area contributed by atoms with E-state index in [1.54, 1.807) is 19.2 Å². The molecule has 2 aromatic carbocycles. The molecule has 2 unspecified atom stereocenters. The van der Waals surface area contributed by atoms with Gasteiger partial charge >= 0.3 is 5.97 Å². The Morgan fingerprint density at radius 1 is 1.06 bits per heavy atom. The molecule has 1 aliphatic heterocycles. The van der Waals surface area contributed by atoms with Gasteiger partial charge in [-0.1, -0.05) is 24.3 Å². The van der Waals surface area contributed by atoms with Gasteiger partial charge in [0.2, 0.25) is 10.0 Å². The Kier molecular flexibility index (Phi) is 7.04. The van der Waals surface area contributed by atoms with Gasteiger partial charge in [-0.2, -0.15) is 4.72 Å². The second-order valence-electron chi connectivity index (χ2n) is 8.51. The number of carbonyl (C=O) groups is 1. The van der Waals surface area contributed by atoms with Gasteiger partial charge in [0.05, 0.1) is 25.2 Å². The number of rotatable bonds is 7. The molecule has 1 aliphatic carbocycles. The molecule has 2 atom stereocenters. The van der Waals surface area contributed by atoms with Crippen molar-refractivity contribution in [1.29, 1.82) is 0 Å². The van der Waals surface area contributed by atoms with E-state index < -0.39 is 33.7 Å². The quantitative estimate of drug-likeness (QED) is 0.631. The third-order valence-corrected chi connectivity index (χ3v) is 7.79. The topological polar surface area (TPSA) is 111 Å². The molecule has 2 aliphatic rings. The summed E-state index contributed by atoms with van der Waals surface area (Å²) < 4.78 is 45.4. The zero-order valence-electron chi connectivity index (χ0n) is 18.5. The number of hydrogen-bond acceptors (Lipinski definition) is 6. The van der Waals surface area contributed by atoms with Gasteiger partial charge in [-0.25, -0.2) is 8.42 Å². The van der Waals surface area contributed by atoms with Crippen LogP contribution in [0.1, 0.15) is 32.1 Å². The minimum absolute atomic E-state index is 0.0155. The van der Waals surface area contributed by atoms with Crippen molar-refractivity contribution >= 4 is 16.0 Å². The Morgan fingerprint density at radius 3 is 2.24 bits per heavy atom. The number of aliphatic carboxylic acids is 1. The zero-order chi connectivity index (χ0) is 23.5. The molecule has 1 heterocycles. The van der Waals surface area contributed by atoms with Gasteiger partial charge in [-0.05, 0) is 60.6 Å². The molecule has 2 N–H and O–H groups in total. The first-order valence-corrected chi connectivity index (χ1v) is 12.6. The van der Waals surface area contributed by atoms with E-state index in [0.29, 0.717) is 38.9 Å². The van der Waals surface area contributed by atoms with Crippen molar-refractivity contribution in [2.75, 3.05) is 20.3 Å². The summed E-state index contributed by atoms with van der Waals surface area (Å²) in [4.78, 5) is 12.1. The Labute approximate surface area is 193 Å². The zero-order valence-corrected chi connectivity index (χ0v) is 19.3. The Bertz CT molecular complexity index is 1060. The lowest BCUT2D eigenvalue weighted by Crippen LogP contribution is -2.52. The molecule has 0 aromatic heterocycles. The fourth-order valence-corrected chi connectivity index (χ4v) is 5.85. The summed E-state index contributed by atoms with van der Waals surface area (Å²) in [7, 11) is -2.45. The first-order chi connectivity index (χ1) is 15.8. The number of nitrogens with one attached hydrogen (secondary N) is 1. The Hall–Kier alpha value is -2.46. The number of methoxy groups -OCH3 is 1. The second-order valence-corrected chi connectivity index (χ2v) is 10.2. The van der Waals surface area contributed by atoms with Crippen LogP contribution in [0.15, 0.2) is 53.4 Å². The van der Waals surface area contributed by atoms with Crippen LogP contribution in [-0.4, -0.2) is 51.6 Å². The predicted octanol–water partition coefficient (Wildman–Crippen LogP) is 3.42. The maximum atomic E-state index is 13.0. The van der Waals surface area contributed by atoms with Crippen LogP contribution in [0.3, 0.4) is 0 Å². The molecule has 4 rings (SSSR count). The van der Waals surface area contributed by atoms with E-state index in [1.807, 2.05) is 24.3 Å². The largest absolute Gasteiger partial charge is 0.497 e. The van der Waals surface area contributed by atoms with Crippen LogP contribution in [0, 0.1) is 5.92 Å². The monoisotopic (exact) mass is 475 g/mol. The molecular weight excluding hydrogens is 446 g/mol. The van der Waals surface area contributed by atoms with Crippen LogP contribution in [0.25, 0.3) is 11.1 Å². The minimum Gasteiger partial charge on any atom is -0.497 e. The number of ether oxygens (including phenoxy) is 3. The maximum Gasteiger partial charge on any atom is 0.322 e. The molecule has 1 saturated heterocycles. The molecule has 0 radical (unpaired) electrons. The predicted molar refractivity (Wildman–Crippen MR) is 121 cm³/mol. The Balaban J connectivity index is 1.50. The summed E-state index contributed by atoms with van der Waals surface area (Å²) in [6, 6.07) is 12.5. The minimum atomic E-state index is -4.04. The standard InChI is InChI=1S/C24H29NO7S/c1-30-20-9-5-17(6-10-20)18-7-11-21(12-8-18)33(28,29)25-22(23(26)27)19-4-2-13-24(16-19)31-14-3-15-32-24/h5-12,19,22,25H,2-4,13-16H2,1H3,(H,26,27). The van der Waals surface area contributed by atoms with Crippen molar-refractivity contribution in [2.45, 2.75) is 48.8 Å². The molecule has 33 heavy (non-hydrogen) atoms. The Morgan fingerprint density at radius 2 is 1.67 bits per heavy atom. The van der Waals surface area contributed by atoms with Gasteiger partial charge in [-0.15, -0.1) is 0 Å². The molecule has 178 valence electrons. The summed E-state index contributed by atoms with van der Waals surface area (Å²) >= 11 is 0. The summed E-state index contributed by atoms with van der Waals surface area (Å²) in [5, 5.41) is 9.84. The molecule has 2 fully saturated rings. The molecule has 9 heteroatoms. The number of benzene rings is 2. The molecule has 2 aromatic rings. The summed E-state index contributed by atoms with van der Waals surface area (Å²) in [5.41, 5.74) is 1.75. The van der Waals surface area contributed by atoms with E-state index in [2.05, 4.69) is 4.72 Å². The van der Waals surface area contributed by atoms with Gasteiger partial charge in [-0.3, -0.25) is 4.79 Å². The van der Waals surface area contributed by atoms with Crippen LogP contribution < -0.4 is 9.46 Å². The van der Waals surface area contributed by atoms with Crippen LogP contribution in [0.4, 0.5) is 0 Å². The SMILES string of the molecule is COc1ccc(-c2ccc(S(=O)(=O)NC(C(=O)O)C3CCCC4(C3)OCCCO4)cc2)cc1. The van der Waals surface area contributed by atoms with Crippen molar-refractivity contribution in [3.63, 3.8) is 0 Å². The van der Waals surface area contributed by atoms with E-state index in [4.69, 9.17) is 14.2 Å². The highest BCUT2D eigenvalue weighted by Crippen LogP contribution is 2.40. The third kappa shape index (κ3) is 5.38. The average Bonchev–Trinajstić information content (AvgIpc) is 2.83. The third-order valence-electron chi connectivity index (χ3n) is 6.33. The van der Waals surface area contributed by atoms with E-state index in [1.165, 1.54) is 12.1 Å². The highest BCUT2D eigenvalue weighted by atomic mass is 32.2. The second kappa shape index (κ2) is 9.80. The summed E-state index contributed by atoms with van der Waals surface area (Å²) in [6.07, 6.45) is 3.14. The lowest BCUT2D eigenvalue weighted by atomic mass is 9.80. The maximum absolute atomic E-state index is 13.0. The van der Waals surface area contributed by atoms with Crippen molar-refractivity contribution < 1.29 is 32.5 Å². The van der Waals surface area contributed by atoms with Gasteiger partial charge in [0, 0.05) is 12.8 Å². The molecule has 1 saturated carbocycles. The first-order valence-electron chi connectivity index (χ1n) is 11.1. The molecular formula is C24H29NO7S. The summed E-state index contributed by atoms with van der Waals surface area (Å²) in [6.45, 7) is 1.13. The van der Waals surface area contributed by atoms with Crippen LogP contribution in [0.5, 0.6) is 5.75 Å². The number of carboxylic acid groups (broad SMARTS) is 1. The van der Waals surface area contributed by atoms with Crippen molar-refractivity contribution in [3.8, 4) is 16.9 Å². The van der Waals surface area contributed by atoms with Crippen LogP contribution >= 0.6 is 0 Å². The van der Waals surface area contributed by atoms with E-state index in [9.17, 15) is 18.3 Å². The molecule has 0 amide bonds. The van der Waals surface area contributed by atoms with Gasteiger partial charge < -0.3 is 19.3 Å². The fraction of sp³-hybridized carbons (Fsp3) is 0.458. The average molecular weight is 476 g/mol. The summed E-state index contributed by atoms with van der Waals surface area (Å²) in [5.74, 6) is -1.70. The lowest BCUT2D eigenvalue weighted by Gasteiger charge is -2.44. The van der Waals surface area contributed by atoms with Gasteiger partial charge in [0.1, 0.15) is 11.8 Å². The fourth-order valence-electron chi connectivity index (χ4n) is 4.59. The molecule has 1 spiro atoms. The molecule has 0 bridgehead atoms. The van der Waals surface area contributed by atoms with Gasteiger partial charge in [0.25, 0.3) is 0 Å². The highest BCUT2D eigenvalue weighted by molar-refractivity contribution is 7.89. The van der Waals surface area contributed by atoms with E-state index in [0.717, 1.165) is 23.3 Å². The van der Waals surface area contributed by atoms with Gasteiger partial charge in [0.15, 0.2) is 5.79 Å². The first kappa shape index (κ1) is 23.7. The van der Waals surface area contributed by atoms with Crippen molar-refractivity contribution in [3.05, 3.63) is 48.5 Å². The van der Waals surface area contributed by atoms with Crippen molar-refractivity contribution in [1.82, 2.24) is 4.72 Å². The number of sulfonamides is 1. The van der Waals surface area contributed by atoms with E-state index >= 15 is 0 Å². The number of carboxylic acids is 1.